The molecule has 126 valence electrons. The highest BCUT2D eigenvalue weighted by Crippen LogP contribution is 2.13. The number of nitrogens with one attached hydrogen (secondary N) is 1. The monoisotopic (exact) mass is 341 g/mol. The first-order chi connectivity index (χ1) is 10.9. The molecule has 1 amide bonds. The van der Waals surface area contributed by atoms with Crippen LogP contribution >= 0.6 is 11.8 Å². The Hall–Kier alpha value is -1.38. The summed E-state index contributed by atoms with van der Waals surface area (Å²) in [5, 5.41) is 20.3. The Morgan fingerprint density at radius 2 is 1.96 bits per heavy atom. The number of benzene rings is 1. The molecule has 0 fully saturated rings. The fraction of sp³-hybridized carbons (Fsp3) is 0.467. The van der Waals surface area contributed by atoms with Crippen molar-refractivity contribution in [1.82, 2.24) is 0 Å². The highest BCUT2D eigenvalue weighted by molar-refractivity contribution is 7.99. The zero-order chi connectivity index (χ0) is 17.2. The second-order valence-electron chi connectivity index (χ2n) is 5.18. The summed E-state index contributed by atoms with van der Waals surface area (Å²) in [4.78, 5) is 22.5. The van der Waals surface area contributed by atoms with Crippen LogP contribution in [-0.2, 0) is 9.59 Å². The lowest BCUT2D eigenvalue weighted by molar-refractivity contribution is -0.117. The van der Waals surface area contributed by atoms with E-state index < -0.39 is 12.9 Å². The maximum Gasteiger partial charge on any atom is 0.488 e. The molecule has 8 heteroatoms. The van der Waals surface area contributed by atoms with E-state index in [1.165, 1.54) is 12.1 Å². The van der Waals surface area contributed by atoms with E-state index in [1.54, 1.807) is 18.7 Å². The third kappa shape index (κ3) is 8.15. The molecule has 0 saturated heterocycles. The Kier molecular flexibility index (Phi) is 8.90. The van der Waals surface area contributed by atoms with Crippen molar-refractivity contribution in [2.75, 3.05) is 16.8 Å². The summed E-state index contributed by atoms with van der Waals surface area (Å²) in [6.45, 7) is 1.57. The Labute approximate surface area is 139 Å². The van der Waals surface area contributed by atoms with Crippen molar-refractivity contribution >= 4 is 41.7 Å². The zero-order valence-corrected chi connectivity index (χ0v) is 13.9. The standard InChI is InChI=1S/C15H21BFNO4S/c1-11(19)4-2-3-8-23-9-7-15(20)18-14-6-5-12(16(21)22)10-13(14)17/h5-6,10,21-22H,2-4,7-9H2,1H3,(H,18,20). The largest absolute Gasteiger partial charge is 0.488 e. The van der Waals surface area contributed by atoms with Crippen LogP contribution in [0.3, 0.4) is 0 Å². The first kappa shape index (κ1) is 19.7. The van der Waals surface area contributed by atoms with Crippen molar-refractivity contribution in [3.63, 3.8) is 0 Å². The highest BCUT2D eigenvalue weighted by Gasteiger charge is 2.14. The number of carbonyl (C=O) groups excluding carboxylic acids is 2. The summed E-state index contributed by atoms with van der Waals surface area (Å²) in [5.41, 5.74) is 0.0486. The van der Waals surface area contributed by atoms with Crippen molar-refractivity contribution in [2.24, 2.45) is 0 Å². The van der Waals surface area contributed by atoms with E-state index in [9.17, 15) is 14.0 Å². The van der Waals surface area contributed by atoms with Gasteiger partial charge in [0.1, 0.15) is 11.6 Å². The molecule has 0 saturated carbocycles. The molecule has 0 aliphatic heterocycles. The molecule has 0 aliphatic carbocycles. The van der Waals surface area contributed by atoms with Gasteiger partial charge in [-0.1, -0.05) is 6.07 Å². The molecular weight excluding hydrogens is 320 g/mol. The van der Waals surface area contributed by atoms with E-state index in [4.69, 9.17) is 10.0 Å². The fourth-order valence-corrected chi connectivity index (χ4v) is 2.79. The number of ketones is 1. The van der Waals surface area contributed by atoms with Crippen LogP contribution in [0.2, 0.25) is 0 Å². The quantitative estimate of drug-likeness (QED) is 0.441. The van der Waals surface area contributed by atoms with Crippen molar-refractivity contribution in [1.29, 1.82) is 0 Å². The van der Waals surface area contributed by atoms with E-state index in [0.717, 1.165) is 24.7 Å². The topological polar surface area (TPSA) is 86.6 Å². The number of anilines is 1. The molecule has 0 spiro atoms. The molecule has 3 N–H and O–H groups in total. The first-order valence-electron chi connectivity index (χ1n) is 7.42. The van der Waals surface area contributed by atoms with Crippen LogP contribution in [0, 0.1) is 5.82 Å². The average molecular weight is 341 g/mol. The number of thioether (sulfide) groups is 1. The minimum absolute atomic E-state index is 0.0193. The van der Waals surface area contributed by atoms with Gasteiger partial charge in [0.2, 0.25) is 5.91 Å². The maximum absolute atomic E-state index is 13.7. The predicted molar refractivity (Wildman–Crippen MR) is 91.3 cm³/mol. The van der Waals surface area contributed by atoms with Gasteiger partial charge in [-0.15, -0.1) is 0 Å². The summed E-state index contributed by atoms with van der Waals surface area (Å²) in [5.74, 6) is 0.702. The molecule has 1 aromatic carbocycles. The minimum atomic E-state index is -1.74. The number of rotatable bonds is 10. The number of hydrogen-bond acceptors (Lipinski definition) is 5. The molecule has 1 rings (SSSR count). The van der Waals surface area contributed by atoms with Crippen molar-refractivity contribution in [3.8, 4) is 0 Å². The Balaban J connectivity index is 2.25. The van der Waals surface area contributed by atoms with Gasteiger partial charge in [-0.2, -0.15) is 11.8 Å². The molecule has 23 heavy (non-hydrogen) atoms. The molecule has 0 radical (unpaired) electrons. The van der Waals surface area contributed by atoms with Gasteiger partial charge in [-0.25, -0.2) is 4.39 Å². The molecule has 0 aliphatic rings. The Morgan fingerprint density at radius 1 is 1.22 bits per heavy atom. The number of carbonyl (C=O) groups is 2. The second kappa shape index (κ2) is 10.4. The molecule has 0 atom stereocenters. The smallest absolute Gasteiger partial charge is 0.423 e. The third-order valence-electron chi connectivity index (χ3n) is 3.11. The molecule has 0 aromatic heterocycles. The lowest BCUT2D eigenvalue weighted by Gasteiger charge is -2.08. The molecule has 0 heterocycles. The van der Waals surface area contributed by atoms with E-state index in [0.29, 0.717) is 12.2 Å². The SMILES string of the molecule is CC(=O)CCCCSCCC(=O)Nc1ccc(B(O)O)cc1F. The lowest BCUT2D eigenvalue weighted by Crippen LogP contribution is -2.30. The molecule has 0 unspecified atom stereocenters. The molecule has 1 aromatic rings. The van der Waals surface area contributed by atoms with Crippen molar-refractivity contribution < 1.29 is 24.0 Å². The predicted octanol–water partition coefficient (Wildman–Crippen LogP) is 1.33. The van der Waals surface area contributed by atoms with Gasteiger partial charge in [0.15, 0.2) is 0 Å². The number of amides is 1. The van der Waals surface area contributed by atoms with Gasteiger partial charge in [-0.05, 0) is 43.1 Å². The lowest BCUT2D eigenvalue weighted by atomic mass is 9.80. The van der Waals surface area contributed by atoms with Gasteiger partial charge in [0.05, 0.1) is 5.69 Å². The zero-order valence-electron chi connectivity index (χ0n) is 13.0. The van der Waals surface area contributed by atoms with Crippen LogP contribution in [0.4, 0.5) is 10.1 Å². The number of hydrogen-bond donors (Lipinski definition) is 3. The van der Waals surface area contributed by atoms with Crippen LogP contribution in [0.1, 0.15) is 32.6 Å². The van der Waals surface area contributed by atoms with Crippen molar-refractivity contribution in [3.05, 3.63) is 24.0 Å². The number of halogens is 1. The van der Waals surface area contributed by atoms with E-state index in [-0.39, 0.29) is 29.3 Å². The number of Topliss-reactive ketones (excluding diaryl/α,β-unsaturated/α-hetero) is 1. The van der Waals surface area contributed by atoms with E-state index >= 15 is 0 Å². The minimum Gasteiger partial charge on any atom is -0.423 e. The maximum atomic E-state index is 13.7. The molecule has 5 nitrogen and oxygen atoms in total. The van der Waals surface area contributed by atoms with Crippen molar-refractivity contribution in [2.45, 2.75) is 32.6 Å². The van der Waals surface area contributed by atoms with Gasteiger partial charge in [0.25, 0.3) is 0 Å². The van der Waals surface area contributed by atoms with Crippen LogP contribution in [0.15, 0.2) is 18.2 Å². The average Bonchev–Trinajstić information content (AvgIpc) is 2.47. The van der Waals surface area contributed by atoms with Crippen LogP contribution < -0.4 is 10.8 Å². The van der Waals surface area contributed by atoms with Crippen LogP contribution in [0.25, 0.3) is 0 Å². The summed E-state index contributed by atoms with van der Waals surface area (Å²) in [6.07, 6.45) is 2.66. The van der Waals surface area contributed by atoms with Gasteiger partial charge >= 0.3 is 7.12 Å². The fourth-order valence-electron chi connectivity index (χ4n) is 1.85. The molecular formula is C15H21BFNO4S. The van der Waals surface area contributed by atoms with Crippen LogP contribution in [0.5, 0.6) is 0 Å². The van der Waals surface area contributed by atoms with Crippen LogP contribution in [-0.4, -0.2) is 40.4 Å². The van der Waals surface area contributed by atoms with Gasteiger partial charge in [-0.3, -0.25) is 4.79 Å². The normalized spacial score (nSPS) is 10.4. The summed E-state index contributed by atoms with van der Waals surface area (Å²) in [7, 11) is -1.74. The summed E-state index contributed by atoms with van der Waals surface area (Å²) in [6, 6.07) is 3.62. The van der Waals surface area contributed by atoms with E-state index in [1.807, 2.05) is 0 Å². The third-order valence-corrected chi connectivity index (χ3v) is 4.18. The van der Waals surface area contributed by atoms with E-state index in [2.05, 4.69) is 5.32 Å². The van der Waals surface area contributed by atoms with Gasteiger partial charge < -0.3 is 20.2 Å². The van der Waals surface area contributed by atoms with Gasteiger partial charge in [0, 0.05) is 18.6 Å². The Bertz CT molecular complexity index is 542. The molecule has 0 bridgehead atoms. The second-order valence-corrected chi connectivity index (χ2v) is 6.41. The summed E-state index contributed by atoms with van der Waals surface area (Å²) >= 11 is 1.62. The highest BCUT2D eigenvalue weighted by atomic mass is 32.2. The number of unbranched alkanes of at least 4 members (excludes halogenated alkanes) is 1. The first-order valence-corrected chi connectivity index (χ1v) is 8.58. The summed E-state index contributed by atoms with van der Waals surface area (Å²) < 4.78 is 13.7. The Morgan fingerprint density at radius 3 is 2.57 bits per heavy atom.